The van der Waals surface area contributed by atoms with E-state index >= 15 is 0 Å². The minimum absolute atomic E-state index is 0.224. The van der Waals surface area contributed by atoms with Crippen LogP contribution in [-0.4, -0.2) is 193 Å². The molecule has 0 saturated carbocycles. The van der Waals surface area contributed by atoms with E-state index in [4.69, 9.17) is 28.4 Å². The molecule has 0 aromatic carbocycles. The van der Waals surface area contributed by atoms with Crippen LogP contribution in [0.3, 0.4) is 0 Å². The Kier molecular flexibility index (Phi) is 48.0. The molecule has 3 rings (SSSR count). The van der Waals surface area contributed by atoms with E-state index in [1.165, 1.54) is 116 Å². The fraction of sp³-hybridized carbons (Fsp3) is 0.792. The minimum atomic E-state index is -1.99. The Labute approximate surface area is 546 Å². The Hall–Kier alpha value is -3.03. The van der Waals surface area contributed by atoms with Crippen LogP contribution in [0, 0.1) is 0 Å². The molecule has 3 saturated heterocycles. The van der Waals surface area contributed by atoms with Gasteiger partial charge in [0.1, 0.15) is 73.2 Å². The monoisotopic (exact) mass is 1290 g/mol. The van der Waals surface area contributed by atoms with Gasteiger partial charge >= 0.3 is 0 Å². The first kappa shape index (κ1) is 82.2. The summed E-state index contributed by atoms with van der Waals surface area (Å²) in [7, 11) is 0. The van der Waals surface area contributed by atoms with Crippen LogP contribution in [0.2, 0.25) is 0 Å². The molecule has 12 N–H and O–H groups in total. The fourth-order valence-corrected chi connectivity index (χ4v) is 11.5. The van der Waals surface area contributed by atoms with Gasteiger partial charge < -0.3 is 89.9 Å². The molecule has 3 heterocycles. The van der Waals surface area contributed by atoms with Crippen molar-refractivity contribution in [2.75, 3.05) is 26.4 Å². The minimum Gasteiger partial charge on any atom is -0.394 e. The van der Waals surface area contributed by atoms with Crippen LogP contribution in [0.1, 0.15) is 232 Å². The number of aliphatic hydroxyl groups is 11. The molecular weight excluding hydrogens is 1170 g/mol. The number of nitrogens with one attached hydrogen (secondary N) is 1. The summed E-state index contributed by atoms with van der Waals surface area (Å²) in [6, 6.07) is -0.999. The van der Waals surface area contributed by atoms with E-state index in [1.807, 2.05) is 6.08 Å². The first-order valence-corrected chi connectivity index (χ1v) is 35.3. The topological polar surface area (TPSA) is 307 Å². The smallest absolute Gasteiger partial charge is 0.220 e. The molecule has 3 aliphatic rings. The highest BCUT2D eigenvalue weighted by Crippen LogP contribution is 2.33. The van der Waals surface area contributed by atoms with Gasteiger partial charge in [0.2, 0.25) is 5.91 Å². The molecular formula is C72H125NO18. The third-order valence-corrected chi connectivity index (χ3v) is 17.2. The van der Waals surface area contributed by atoms with Gasteiger partial charge in [-0.2, -0.15) is 0 Å². The second-order valence-electron chi connectivity index (χ2n) is 25.0. The van der Waals surface area contributed by atoms with Crippen molar-refractivity contribution in [2.45, 2.75) is 336 Å². The molecule has 17 unspecified atom stereocenters. The summed E-state index contributed by atoms with van der Waals surface area (Å²) in [4.78, 5) is 13.4. The zero-order valence-corrected chi connectivity index (χ0v) is 55.5. The van der Waals surface area contributed by atoms with Crippen molar-refractivity contribution in [3.05, 3.63) is 85.1 Å². The molecule has 0 spiro atoms. The Morgan fingerprint density at radius 2 is 0.769 bits per heavy atom. The van der Waals surface area contributed by atoms with Gasteiger partial charge in [-0.25, -0.2) is 0 Å². The van der Waals surface area contributed by atoms with E-state index in [2.05, 4.69) is 92.1 Å². The second kappa shape index (κ2) is 53.2. The van der Waals surface area contributed by atoms with Gasteiger partial charge in [-0.3, -0.25) is 4.79 Å². The number of hydrogen-bond acceptors (Lipinski definition) is 18. The summed E-state index contributed by atoms with van der Waals surface area (Å²) >= 11 is 0. The average Bonchev–Trinajstić information content (AvgIpc) is 0.883. The van der Waals surface area contributed by atoms with Crippen LogP contribution >= 0.6 is 0 Å². The van der Waals surface area contributed by atoms with Crippen molar-refractivity contribution in [1.82, 2.24) is 5.32 Å². The lowest BCUT2D eigenvalue weighted by Crippen LogP contribution is -2.66. The number of allylic oxidation sites excluding steroid dienone is 13. The Balaban J connectivity index is 1.45. The molecule has 19 heteroatoms. The van der Waals surface area contributed by atoms with Gasteiger partial charge in [-0.1, -0.05) is 234 Å². The van der Waals surface area contributed by atoms with Gasteiger partial charge in [-0.15, -0.1) is 0 Å². The van der Waals surface area contributed by atoms with Gasteiger partial charge in [0.05, 0.1) is 38.6 Å². The molecule has 3 fully saturated rings. The van der Waals surface area contributed by atoms with Gasteiger partial charge in [-0.05, 0) is 77.0 Å². The van der Waals surface area contributed by atoms with Crippen molar-refractivity contribution in [2.24, 2.45) is 0 Å². The normalized spacial score (nSPS) is 28.4. The van der Waals surface area contributed by atoms with Crippen molar-refractivity contribution < 1.29 is 89.4 Å². The maximum Gasteiger partial charge on any atom is 0.220 e. The summed E-state index contributed by atoms with van der Waals surface area (Å²) in [5.74, 6) is -0.294. The molecule has 1 amide bonds. The summed E-state index contributed by atoms with van der Waals surface area (Å²) in [5.41, 5.74) is 0. The lowest BCUT2D eigenvalue weighted by atomic mass is 9.96. The first-order chi connectivity index (χ1) is 44.3. The molecule has 19 nitrogen and oxygen atoms in total. The number of unbranched alkanes of at least 4 members (excludes halogenated alkanes) is 25. The van der Waals surface area contributed by atoms with Crippen LogP contribution in [0.15, 0.2) is 85.1 Å². The number of carbonyl (C=O) groups excluding carboxylic acids is 1. The maximum atomic E-state index is 13.4. The Bertz CT molecular complexity index is 1980. The number of rotatable bonds is 53. The molecule has 17 atom stereocenters. The summed E-state index contributed by atoms with van der Waals surface area (Å²) in [6.45, 7) is 1.60. The lowest BCUT2D eigenvalue weighted by molar-refractivity contribution is -0.379. The van der Waals surface area contributed by atoms with E-state index in [0.717, 1.165) is 83.5 Å². The quantitative estimate of drug-likeness (QED) is 0.0199. The number of amides is 1. The molecule has 0 aromatic heterocycles. The molecule has 91 heavy (non-hydrogen) atoms. The van der Waals surface area contributed by atoms with Crippen LogP contribution < -0.4 is 5.32 Å². The number of hydrogen-bond donors (Lipinski definition) is 12. The van der Waals surface area contributed by atoms with Crippen molar-refractivity contribution in [3.63, 3.8) is 0 Å². The van der Waals surface area contributed by atoms with Crippen molar-refractivity contribution in [3.8, 4) is 0 Å². The van der Waals surface area contributed by atoms with Crippen LogP contribution in [0.5, 0.6) is 0 Å². The van der Waals surface area contributed by atoms with Crippen LogP contribution in [-0.2, 0) is 33.2 Å². The molecule has 0 bridgehead atoms. The molecule has 526 valence electrons. The maximum absolute atomic E-state index is 13.4. The third kappa shape index (κ3) is 35.0. The highest BCUT2D eigenvalue weighted by molar-refractivity contribution is 5.76. The average molecular weight is 1290 g/mol. The van der Waals surface area contributed by atoms with Crippen LogP contribution in [0.4, 0.5) is 0 Å². The Morgan fingerprint density at radius 3 is 1.23 bits per heavy atom. The summed E-state index contributed by atoms with van der Waals surface area (Å²) in [5, 5.41) is 121. The lowest BCUT2D eigenvalue weighted by Gasteiger charge is -2.48. The van der Waals surface area contributed by atoms with Crippen molar-refractivity contribution >= 4 is 5.91 Å². The van der Waals surface area contributed by atoms with Gasteiger partial charge in [0, 0.05) is 6.42 Å². The highest BCUT2D eigenvalue weighted by atomic mass is 16.8. The summed E-state index contributed by atoms with van der Waals surface area (Å²) < 4.78 is 34.3. The molecule has 0 aromatic rings. The number of carbonyl (C=O) groups is 1. The zero-order chi connectivity index (χ0) is 66.1. The second-order valence-corrected chi connectivity index (χ2v) is 25.0. The van der Waals surface area contributed by atoms with E-state index in [9.17, 15) is 61.0 Å². The molecule has 3 aliphatic heterocycles. The molecule has 0 radical (unpaired) electrons. The summed E-state index contributed by atoms with van der Waals surface area (Å²) in [6.07, 6.45) is 41.2. The van der Waals surface area contributed by atoms with E-state index in [-0.39, 0.29) is 18.9 Å². The van der Waals surface area contributed by atoms with E-state index in [0.29, 0.717) is 12.8 Å². The number of aliphatic hydroxyl groups excluding tert-OH is 11. The highest BCUT2D eigenvalue weighted by Gasteiger charge is 2.53. The van der Waals surface area contributed by atoms with Crippen molar-refractivity contribution in [1.29, 1.82) is 0 Å². The molecule has 0 aliphatic carbocycles. The largest absolute Gasteiger partial charge is 0.394 e. The zero-order valence-electron chi connectivity index (χ0n) is 55.5. The predicted octanol–water partition coefficient (Wildman–Crippen LogP) is 9.49. The van der Waals surface area contributed by atoms with E-state index in [1.54, 1.807) is 6.08 Å². The van der Waals surface area contributed by atoms with E-state index < -0.39 is 124 Å². The van der Waals surface area contributed by atoms with Gasteiger partial charge in [0.25, 0.3) is 0 Å². The SMILES string of the molecule is CC/C=C\C/C=C\C/C=C\C/C=C\C/C=C\CCCCCCCCCCCC(=O)NC(COC1OC(CO)C(OC2OC(CO)C(OC3OC(CO)C(O)C(O)C3O)C(O)C2O)C(O)C1O)C(O)/C=C/CC/C=C/CCCCCCCCCCCCCCCCC. The third-order valence-electron chi connectivity index (χ3n) is 17.2. The van der Waals surface area contributed by atoms with Gasteiger partial charge in [0.15, 0.2) is 18.9 Å². The Morgan fingerprint density at radius 1 is 0.407 bits per heavy atom. The predicted molar refractivity (Wildman–Crippen MR) is 355 cm³/mol. The fourth-order valence-electron chi connectivity index (χ4n) is 11.5. The van der Waals surface area contributed by atoms with Crippen LogP contribution in [0.25, 0.3) is 0 Å². The first-order valence-electron chi connectivity index (χ1n) is 35.3. The standard InChI is InChI=1S/C72H125NO18/c1-3-5-7-9-11-13-15-17-19-21-23-25-26-27-28-30-32-34-36-38-40-42-44-46-48-50-60(78)73-55(56(77)49-47-45-43-41-39-37-35-33-31-29-24-22-20-18-16-14-12-10-8-6-4-2)54-86-70-66(84)63(81)68(58(52-75)88-70)91-72-67(85)64(82)69(59(53-76)89-72)90-71-65(83)62(80)61(79)57(51-74)87-71/h5,7,11,13,17,19,23,25,27-28,39,41,47,49,55-59,61-72,74-77,79-85H,3-4,6,8-10,12,14-16,18,20-22,24,26,29-38,40,42-46,48,50-54H2,1-2H3,(H,73,78)/b7-5-,13-11-,19-17-,25-23-,28-27-,41-39+,49-47+. The number of ether oxygens (including phenoxy) is 6.